The monoisotopic (exact) mass is 403 g/mol. The lowest BCUT2D eigenvalue weighted by Gasteiger charge is -2.24. The number of likely N-dealkylation sites (N-methyl/N-ethyl adjacent to an activating group) is 1. The Morgan fingerprint density at radius 1 is 1.17 bits per heavy atom. The minimum atomic E-state index is -0.0791. The smallest absolute Gasteiger partial charge is 0.227 e. The van der Waals surface area contributed by atoms with Crippen molar-refractivity contribution >= 4 is 5.91 Å². The summed E-state index contributed by atoms with van der Waals surface area (Å²) in [4.78, 5) is 29.6. The molecule has 1 saturated heterocycles. The molecule has 1 aliphatic heterocycles. The van der Waals surface area contributed by atoms with E-state index in [2.05, 4.69) is 51.0 Å². The third-order valence-corrected chi connectivity index (χ3v) is 5.97. The maximum atomic E-state index is 13.3. The van der Waals surface area contributed by atoms with Crippen LogP contribution in [0.4, 0.5) is 0 Å². The number of carbonyl (C=O) groups is 1. The highest BCUT2D eigenvalue weighted by atomic mass is 16.2. The van der Waals surface area contributed by atoms with Gasteiger partial charge in [0, 0.05) is 56.4 Å². The van der Waals surface area contributed by atoms with Crippen molar-refractivity contribution in [1.29, 1.82) is 0 Å². The summed E-state index contributed by atoms with van der Waals surface area (Å²) in [5.74, 6) is 0.171. The molecule has 6 nitrogen and oxygen atoms in total. The maximum Gasteiger partial charge on any atom is 0.227 e. The van der Waals surface area contributed by atoms with E-state index in [9.17, 15) is 4.79 Å². The van der Waals surface area contributed by atoms with Gasteiger partial charge in [0.15, 0.2) is 0 Å². The number of carbonyl (C=O) groups excluding carboxylic acids is 1. The second kappa shape index (κ2) is 9.22. The molecule has 0 aliphatic carbocycles. The van der Waals surface area contributed by atoms with Gasteiger partial charge in [-0.15, -0.1) is 0 Å². The second-order valence-corrected chi connectivity index (χ2v) is 7.93. The first-order valence-electron chi connectivity index (χ1n) is 10.6. The van der Waals surface area contributed by atoms with Crippen LogP contribution in [0.25, 0.3) is 11.1 Å². The topological polar surface area (TPSA) is 65.1 Å². The molecular weight excluding hydrogens is 374 g/mol. The number of nitrogens with zero attached hydrogens (tertiary/aromatic N) is 4. The molecule has 3 aromatic rings. The van der Waals surface area contributed by atoms with E-state index in [1.807, 2.05) is 30.2 Å². The molecule has 6 heteroatoms. The van der Waals surface area contributed by atoms with Crippen LogP contribution in [-0.4, -0.2) is 56.8 Å². The summed E-state index contributed by atoms with van der Waals surface area (Å²) < 4.78 is 0. The van der Waals surface area contributed by atoms with Crippen molar-refractivity contribution in [1.82, 2.24) is 24.8 Å². The van der Waals surface area contributed by atoms with Crippen molar-refractivity contribution in [3.05, 3.63) is 72.1 Å². The van der Waals surface area contributed by atoms with Crippen molar-refractivity contribution in [2.75, 3.05) is 26.2 Å². The molecule has 156 valence electrons. The quantitative estimate of drug-likeness (QED) is 0.686. The third kappa shape index (κ3) is 4.44. The van der Waals surface area contributed by atoms with Crippen LogP contribution < -0.4 is 0 Å². The predicted octanol–water partition coefficient (Wildman–Crippen LogP) is 3.30. The van der Waals surface area contributed by atoms with E-state index in [1.54, 1.807) is 12.5 Å². The van der Waals surface area contributed by atoms with Gasteiger partial charge >= 0.3 is 0 Å². The Hall–Kier alpha value is -2.99. The summed E-state index contributed by atoms with van der Waals surface area (Å²) in [5, 5.41) is 0. The molecule has 0 radical (unpaired) electrons. The number of benzene rings is 1. The number of nitrogens with one attached hydrogen (secondary N) is 1. The second-order valence-electron chi connectivity index (χ2n) is 7.93. The molecule has 30 heavy (non-hydrogen) atoms. The molecule has 1 aliphatic rings. The van der Waals surface area contributed by atoms with Gasteiger partial charge in [0.05, 0.1) is 17.9 Å². The van der Waals surface area contributed by atoms with E-state index in [0.29, 0.717) is 0 Å². The van der Waals surface area contributed by atoms with Crippen molar-refractivity contribution in [3.63, 3.8) is 0 Å². The summed E-state index contributed by atoms with van der Waals surface area (Å²) in [6.07, 6.45) is 6.14. The first-order chi connectivity index (χ1) is 14.7. The number of imidazole rings is 1. The first-order valence-corrected chi connectivity index (χ1v) is 10.6. The number of rotatable bonds is 6. The minimum absolute atomic E-state index is 0.0791. The molecule has 1 fully saturated rings. The van der Waals surface area contributed by atoms with Crippen LogP contribution in [0.2, 0.25) is 0 Å². The van der Waals surface area contributed by atoms with Gasteiger partial charge in [0.1, 0.15) is 0 Å². The Labute approximate surface area is 178 Å². The first kappa shape index (κ1) is 20.3. The van der Waals surface area contributed by atoms with Gasteiger partial charge in [-0.25, -0.2) is 4.98 Å². The Morgan fingerprint density at radius 2 is 2.03 bits per heavy atom. The maximum absolute atomic E-state index is 13.3. The van der Waals surface area contributed by atoms with Gasteiger partial charge in [-0.05, 0) is 37.5 Å². The van der Waals surface area contributed by atoms with Crippen LogP contribution >= 0.6 is 0 Å². The van der Waals surface area contributed by atoms with Crippen molar-refractivity contribution < 1.29 is 4.79 Å². The standard InChI is InChI=1S/C24H29N5O/c1-3-29-12-11-28(16-23-18(2)26-17-27-23)15-21(24(29)30)13-19-7-4-5-9-22(19)20-8-6-10-25-14-20/h4-10,14,17,21H,3,11-13,15-16H2,1-2H3,(H,26,27)/t21-/m1/s1. The molecule has 1 aromatic carbocycles. The van der Waals surface area contributed by atoms with Gasteiger partial charge in [-0.3, -0.25) is 14.7 Å². The van der Waals surface area contributed by atoms with E-state index in [0.717, 1.165) is 61.7 Å². The number of aromatic amines is 1. The van der Waals surface area contributed by atoms with Crippen molar-refractivity contribution in [3.8, 4) is 11.1 Å². The molecule has 1 amide bonds. The van der Waals surface area contributed by atoms with E-state index < -0.39 is 0 Å². The fourth-order valence-electron chi connectivity index (χ4n) is 4.25. The average Bonchev–Trinajstić information content (AvgIpc) is 3.11. The molecule has 0 unspecified atom stereocenters. The van der Waals surface area contributed by atoms with E-state index in [1.165, 1.54) is 5.56 Å². The van der Waals surface area contributed by atoms with Gasteiger partial charge in [-0.2, -0.15) is 0 Å². The molecule has 2 aromatic heterocycles. The van der Waals surface area contributed by atoms with Crippen LogP contribution in [-0.2, 0) is 17.8 Å². The fraction of sp³-hybridized carbons (Fsp3) is 0.375. The summed E-state index contributed by atoms with van der Waals surface area (Å²) in [7, 11) is 0. The zero-order valence-electron chi connectivity index (χ0n) is 17.7. The summed E-state index contributed by atoms with van der Waals surface area (Å²) in [5.41, 5.74) is 5.59. The number of H-pyrrole nitrogens is 1. The number of amides is 1. The average molecular weight is 404 g/mol. The summed E-state index contributed by atoms with van der Waals surface area (Å²) in [6.45, 7) is 7.99. The van der Waals surface area contributed by atoms with Gasteiger partial charge in [0.25, 0.3) is 0 Å². The van der Waals surface area contributed by atoms with Gasteiger partial charge in [0.2, 0.25) is 5.91 Å². The SMILES string of the molecule is CCN1CCN(Cc2nc[nH]c2C)C[C@@H](Cc2ccccc2-c2cccnc2)C1=O. The molecule has 0 spiro atoms. The van der Waals surface area contributed by atoms with Crippen LogP contribution in [0.5, 0.6) is 0 Å². The van der Waals surface area contributed by atoms with Gasteiger partial charge < -0.3 is 9.88 Å². The lowest BCUT2D eigenvalue weighted by Crippen LogP contribution is -2.37. The van der Waals surface area contributed by atoms with Crippen molar-refractivity contribution in [2.24, 2.45) is 5.92 Å². The van der Waals surface area contributed by atoms with E-state index >= 15 is 0 Å². The molecule has 3 heterocycles. The fourth-order valence-corrected chi connectivity index (χ4v) is 4.25. The highest BCUT2D eigenvalue weighted by Gasteiger charge is 2.30. The van der Waals surface area contributed by atoms with Crippen LogP contribution in [0, 0.1) is 12.8 Å². The molecule has 1 N–H and O–H groups in total. The highest BCUT2D eigenvalue weighted by Crippen LogP contribution is 2.27. The number of hydrogen-bond acceptors (Lipinski definition) is 4. The van der Waals surface area contributed by atoms with Crippen LogP contribution in [0.3, 0.4) is 0 Å². The Bertz CT molecular complexity index is 984. The molecule has 0 saturated carbocycles. The predicted molar refractivity (Wildman–Crippen MR) is 118 cm³/mol. The summed E-state index contributed by atoms with van der Waals surface area (Å²) >= 11 is 0. The number of pyridine rings is 1. The van der Waals surface area contributed by atoms with Crippen LogP contribution in [0.15, 0.2) is 55.1 Å². The van der Waals surface area contributed by atoms with E-state index in [-0.39, 0.29) is 11.8 Å². The minimum Gasteiger partial charge on any atom is -0.348 e. The van der Waals surface area contributed by atoms with Crippen molar-refractivity contribution in [2.45, 2.75) is 26.8 Å². The zero-order chi connectivity index (χ0) is 20.9. The largest absolute Gasteiger partial charge is 0.348 e. The lowest BCUT2D eigenvalue weighted by atomic mass is 9.91. The molecular formula is C24H29N5O. The molecule has 1 atom stereocenters. The lowest BCUT2D eigenvalue weighted by molar-refractivity contribution is -0.134. The summed E-state index contributed by atoms with van der Waals surface area (Å²) in [6, 6.07) is 12.4. The molecule has 4 rings (SSSR count). The highest BCUT2D eigenvalue weighted by molar-refractivity contribution is 5.80. The molecule has 0 bridgehead atoms. The zero-order valence-corrected chi connectivity index (χ0v) is 17.7. The van der Waals surface area contributed by atoms with E-state index in [4.69, 9.17) is 0 Å². The Morgan fingerprint density at radius 3 is 2.77 bits per heavy atom. The van der Waals surface area contributed by atoms with Gasteiger partial charge in [-0.1, -0.05) is 30.3 Å². The van der Waals surface area contributed by atoms with Crippen LogP contribution in [0.1, 0.15) is 23.9 Å². The Balaban J connectivity index is 1.59. The normalized spacial score (nSPS) is 17.9. The number of hydrogen-bond donors (Lipinski definition) is 1. The third-order valence-electron chi connectivity index (χ3n) is 5.97. The number of aryl methyl sites for hydroxylation is 1. The number of aromatic nitrogens is 3. The Kier molecular flexibility index (Phi) is 6.23.